The molecule has 24 heavy (non-hydrogen) atoms. The van der Waals surface area contributed by atoms with E-state index >= 15 is 0 Å². The summed E-state index contributed by atoms with van der Waals surface area (Å²) in [6, 6.07) is 1.94. The van der Waals surface area contributed by atoms with Crippen molar-refractivity contribution in [3.63, 3.8) is 0 Å². The Bertz CT molecular complexity index is 692. The molecule has 7 heteroatoms. The van der Waals surface area contributed by atoms with Crippen LogP contribution in [0.25, 0.3) is 11.4 Å². The third kappa shape index (κ3) is 3.79. The van der Waals surface area contributed by atoms with E-state index in [1.165, 1.54) is 0 Å². The van der Waals surface area contributed by atoms with Crippen molar-refractivity contribution < 1.29 is 9.53 Å². The standard InChI is InChI=1S/C17H23N5O2/c1-3-24-13-6-4-12(5-7-13)20-17(23)16-19-9-8-14(21-16)15-10-18-11-22(15)2/h8-13H,3-7H2,1-2H3,(H,20,23). The van der Waals surface area contributed by atoms with Crippen LogP contribution in [0.15, 0.2) is 24.8 Å². The first-order valence-corrected chi connectivity index (χ1v) is 8.39. The molecule has 1 saturated carbocycles. The van der Waals surface area contributed by atoms with Gasteiger partial charge in [0, 0.05) is 25.9 Å². The number of nitrogens with one attached hydrogen (secondary N) is 1. The van der Waals surface area contributed by atoms with E-state index in [9.17, 15) is 4.79 Å². The van der Waals surface area contributed by atoms with Crippen LogP contribution in [0.5, 0.6) is 0 Å². The summed E-state index contributed by atoms with van der Waals surface area (Å²) < 4.78 is 7.50. The van der Waals surface area contributed by atoms with Gasteiger partial charge < -0.3 is 14.6 Å². The molecule has 1 amide bonds. The number of ether oxygens (including phenoxy) is 1. The summed E-state index contributed by atoms with van der Waals surface area (Å²) in [5.41, 5.74) is 1.54. The number of rotatable bonds is 5. The van der Waals surface area contributed by atoms with E-state index in [4.69, 9.17) is 4.74 Å². The SMILES string of the molecule is CCOC1CCC(NC(=O)c2nccc(-c3cncn3C)n2)CC1. The lowest BCUT2D eigenvalue weighted by molar-refractivity contribution is 0.0299. The van der Waals surface area contributed by atoms with Crippen LogP contribution < -0.4 is 5.32 Å². The number of nitrogens with zero attached hydrogens (tertiary/aromatic N) is 4. The number of aryl methyl sites for hydroxylation is 1. The number of hydrogen-bond donors (Lipinski definition) is 1. The molecule has 7 nitrogen and oxygen atoms in total. The van der Waals surface area contributed by atoms with E-state index in [-0.39, 0.29) is 17.8 Å². The predicted molar refractivity (Wildman–Crippen MR) is 89.4 cm³/mol. The highest BCUT2D eigenvalue weighted by atomic mass is 16.5. The van der Waals surface area contributed by atoms with Gasteiger partial charge in [-0.2, -0.15) is 0 Å². The fourth-order valence-corrected chi connectivity index (χ4v) is 3.07. The molecule has 0 radical (unpaired) electrons. The van der Waals surface area contributed by atoms with Crippen LogP contribution >= 0.6 is 0 Å². The second kappa shape index (κ2) is 7.53. The minimum Gasteiger partial charge on any atom is -0.379 e. The average Bonchev–Trinajstić information content (AvgIpc) is 3.03. The number of imidazole rings is 1. The van der Waals surface area contributed by atoms with Gasteiger partial charge in [-0.3, -0.25) is 4.79 Å². The van der Waals surface area contributed by atoms with E-state index in [1.807, 2.05) is 18.5 Å². The second-order valence-corrected chi connectivity index (χ2v) is 6.06. The Morgan fingerprint density at radius 3 is 2.83 bits per heavy atom. The Morgan fingerprint density at radius 1 is 1.38 bits per heavy atom. The first kappa shape index (κ1) is 16.6. The van der Waals surface area contributed by atoms with Gasteiger partial charge in [-0.25, -0.2) is 15.0 Å². The van der Waals surface area contributed by atoms with Crippen molar-refractivity contribution in [1.29, 1.82) is 0 Å². The smallest absolute Gasteiger partial charge is 0.289 e. The Balaban J connectivity index is 1.63. The molecule has 0 atom stereocenters. The molecule has 3 rings (SSSR count). The summed E-state index contributed by atoms with van der Waals surface area (Å²) >= 11 is 0. The third-order valence-electron chi connectivity index (χ3n) is 4.35. The van der Waals surface area contributed by atoms with Crippen LogP contribution in [0, 0.1) is 0 Å². The van der Waals surface area contributed by atoms with Gasteiger partial charge >= 0.3 is 0 Å². The van der Waals surface area contributed by atoms with Gasteiger partial charge in [-0.1, -0.05) is 0 Å². The van der Waals surface area contributed by atoms with Gasteiger partial charge in [0.2, 0.25) is 5.82 Å². The molecular formula is C17H23N5O2. The highest BCUT2D eigenvalue weighted by molar-refractivity contribution is 5.91. The Labute approximate surface area is 141 Å². The van der Waals surface area contributed by atoms with Crippen LogP contribution in [0.4, 0.5) is 0 Å². The summed E-state index contributed by atoms with van der Waals surface area (Å²) in [4.78, 5) is 25.0. The lowest BCUT2D eigenvalue weighted by Crippen LogP contribution is -2.39. The van der Waals surface area contributed by atoms with Crippen molar-refractivity contribution in [1.82, 2.24) is 24.8 Å². The minimum absolute atomic E-state index is 0.165. The molecule has 0 spiro atoms. The highest BCUT2D eigenvalue weighted by Crippen LogP contribution is 2.21. The predicted octanol–water partition coefficient (Wildman–Crippen LogP) is 1.95. The van der Waals surface area contributed by atoms with Crippen LogP contribution in [0.3, 0.4) is 0 Å². The van der Waals surface area contributed by atoms with E-state index in [2.05, 4.69) is 20.3 Å². The summed E-state index contributed by atoms with van der Waals surface area (Å²) in [6.07, 6.45) is 9.18. The molecular weight excluding hydrogens is 306 g/mol. The number of carbonyl (C=O) groups is 1. The van der Waals surface area contributed by atoms with Gasteiger partial charge in [0.1, 0.15) is 0 Å². The molecule has 1 N–H and O–H groups in total. The molecule has 0 aromatic carbocycles. The summed E-state index contributed by atoms with van der Waals surface area (Å²) in [5.74, 6) is -0.0282. The Kier molecular flexibility index (Phi) is 5.20. The third-order valence-corrected chi connectivity index (χ3v) is 4.35. The van der Waals surface area contributed by atoms with Crippen molar-refractivity contribution in [2.75, 3.05) is 6.61 Å². The summed E-state index contributed by atoms with van der Waals surface area (Å²) in [7, 11) is 1.89. The van der Waals surface area contributed by atoms with Gasteiger partial charge in [0.05, 0.1) is 30.0 Å². The molecule has 0 aliphatic heterocycles. The largest absolute Gasteiger partial charge is 0.379 e. The zero-order valence-corrected chi connectivity index (χ0v) is 14.1. The maximum Gasteiger partial charge on any atom is 0.289 e. The van der Waals surface area contributed by atoms with Crippen molar-refractivity contribution in [2.24, 2.45) is 7.05 Å². The maximum atomic E-state index is 12.4. The molecule has 2 heterocycles. The molecule has 2 aromatic rings. The molecule has 0 unspecified atom stereocenters. The highest BCUT2D eigenvalue weighted by Gasteiger charge is 2.24. The zero-order chi connectivity index (χ0) is 16.9. The molecule has 0 bridgehead atoms. The molecule has 1 fully saturated rings. The number of hydrogen-bond acceptors (Lipinski definition) is 5. The van der Waals surface area contributed by atoms with E-state index < -0.39 is 0 Å². The summed E-state index contributed by atoms with van der Waals surface area (Å²) in [6.45, 7) is 2.76. The van der Waals surface area contributed by atoms with Crippen molar-refractivity contribution in [3.8, 4) is 11.4 Å². The fraction of sp³-hybridized carbons (Fsp3) is 0.529. The van der Waals surface area contributed by atoms with Crippen molar-refractivity contribution >= 4 is 5.91 Å². The number of aromatic nitrogens is 4. The molecule has 1 aliphatic carbocycles. The maximum absolute atomic E-state index is 12.4. The number of carbonyl (C=O) groups excluding carboxylic acids is 1. The Hall–Kier alpha value is -2.28. The van der Waals surface area contributed by atoms with Gasteiger partial charge in [0.15, 0.2) is 0 Å². The monoisotopic (exact) mass is 329 g/mol. The first-order chi connectivity index (χ1) is 11.7. The molecule has 0 saturated heterocycles. The van der Waals surface area contributed by atoms with Gasteiger partial charge in [0.25, 0.3) is 5.91 Å². The molecule has 2 aromatic heterocycles. The topological polar surface area (TPSA) is 81.9 Å². The first-order valence-electron chi connectivity index (χ1n) is 8.39. The van der Waals surface area contributed by atoms with Crippen LogP contribution in [0.1, 0.15) is 43.2 Å². The van der Waals surface area contributed by atoms with Crippen molar-refractivity contribution in [3.05, 3.63) is 30.6 Å². The zero-order valence-electron chi connectivity index (χ0n) is 14.1. The van der Waals surface area contributed by atoms with Crippen LogP contribution in [-0.4, -0.2) is 44.2 Å². The quantitative estimate of drug-likeness (QED) is 0.907. The van der Waals surface area contributed by atoms with Crippen LogP contribution in [-0.2, 0) is 11.8 Å². The lowest BCUT2D eigenvalue weighted by atomic mass is 9.93. The lowest BCUT2D eigenvalue weighted by Gasteiger charge is -2.28. The van der Waals surface area contributed by atoms with Gasteiger partial charge in [-0.15, -0.1) is 0 Å². The van der Waals surface area contributed by atoms with Gasteiger partial charge in [-0.05, 0) is 38.7 Å². The molecule has 1 aliphatic rings. The average molecular weight is 329 g/mol. The number of amides is 1. The van der Waals surface area contributed by atoms with E-state index in [0.717, 1.165) is 38.0 Å². The summed E-state index contributed by atoms with van der Waals surface area (Å²) in [5, 5.41) is 3.04. The molecule has 128 valence electrons. The fourth-order valence-electron chi connectivity index (χ4n) is 3.07. The van der Waals surface area contributed by atoms with Crippen molar-refractivity contribution in [2.45, 2.75) is 44.8 Å². The van der Waals surface area contributed by atoms with E-state index in [0.29, 0.717) is 11.8 Å². The normalized spacial score (nSPS) is 20.8. The van der Waals surface area contributed by atoms with Crippen LogP contribution in [0.2, 0.25) is 0 Å². The minimum atomic E-state index is -0.223. The van der Waals surface area contributed by atoms with E-state index in [1.54, 1.807) is 24.8 Å². The second-order valence-electron chi connectivity index (χ2n) is 6.06. The Morgan fingerprint density at radius 2 is 2.17 bits per heavy atom.